The first-order chi connectivity index (χ1) is 6.73. The third-order valence-electron chi connectivity index (χ3n) is 1.50. The molecule has 8 heteroatoms. The Bertz CT molecular complexity index is 378. The summed E-state index contributed by atoms with van der Waals surface area (Å²) in [6.07, 6.45) is -7.67. The number of hydrogen-bond donors (Lipinski definition) is 0. The summed E-state index contributed by atoms with van der Waals surface area (Å²) < 4.78 is 60.9. The van der Waals surface area contributed by atoms with Gasteiger partial charge in [-0.15, -0.1) is 0 Å². The van der Waals surface area contributed by atoms with Crippen molar-refractivity contribution in [3.05, 3.63) is 25.5 Å². The first-order valence-electron chi connectivity index (χ1n) is 3.44. The van der Waals surface area contributed by atoms with Gasteiger partial charge in [0, 0.05) is 0 Å². The molecule has 1 nitrogen and oxygen atoms in total. The predicted octanol–water partition coefficient (Wildman–Crippen LogP) is 4.41. The highest BCUT2D eigenvalue weighted by atomic mass is 127. The minimum absolute atomic E-state index is 0.150. The van der Waals surface area contributed by atoms with Crippen LogP contribution < -0.4 is 0 Å². The number of aromatic nitrogens is 1. The van der Waals surface area contributed by atoms with Gasteiger partial charge in [0.1, 0.15) is 8.30 Å². The summed E-state index contributed by atoms with van der Waals surface area (Å²) in [6.45, 7) is 0. The van der Waals surface area contributed by atoms with Gasteiger partial charge in [0.2, 0.25) is 0 Å². The third kappa shape index (κ3) is 2.99. The lowest BCUT2D eigenvalue weighted by Gasteiger charge is -2.11. The Morgan fingerprint density at radius 3 is 2.27 bits per heavy atom. The zero-order chi connectivity index (χ0) is 11.8. The molecular weight excluding hydrogens is 400 g/mol. The molecule has 0 aliphatic carbocycles. The van der Waals surface area contributed by atoms with Crippen molar-refractivity contribution < 1.29 is 22.0 Å². The minimum atomic E-state index is -4.69. The van der Waals surface area contributed by atoms with E-state index in [1.807, 2.05) is 0 Å². The van der Waals surface area contributed by atoms with Crippen molar-refractivity contribution in [3.63, 3.8) is 0 Å². The van der Waals surface area contributed by atoms with E-state index in [-0.39, 0.29) is 3.70 Å². The van der Waals surface area contributed by atoms with E-state index in [4.69, 9.17) is 0 Å². The SMILES string of the molecule is FC(F)c1cc(C(F)(F)F)c(Br)nc1I. The molecule has 0 fully saturated rings. The highest BCUT2D eigenvalue weighted by Crippen LogP contribution is 2.37. The minimum Gasteiger partial charge on any atom is -0.234 e. The molecule has 0 radical (unpaired) electrons. The average Bonchev–Trinajstić information content (AvgIpc) is 2.00. The van der Waals surface area contributed by atoms with Crippen LogP contribution in [0.25, 0.3) is 0 Å². The topological polar surface area (TPSA) is 12.9 Å². The number of halogens is 7. The lowest BCUT2D eigenvalue weighted by molar-refractivity contribution is -0.138. The lowest BCUT2D eigenvalue weighted by atomic mass is 10.2. The first-order valence-corrected chi connectivity index (χ1v) is 5.32. The Hall–Kier alpha value is 0.01000. The Balaban J connectivity index is 3.37. The molecule has 15 heavy (non-hydrogen) atoms. The maximum Gasteiger partial charge on any atom is 0.419 e. The van der Waals surface area contributed by atoms with E-state index in [2.05, 4.69) is 20.9 Å². The van der Waals surface area contributed by atoms with Crippen molar-refractivity contribution >= 4 is 38.5 Å². The van der Waals surface area contributed by atoms with Gasteiger partial charge < -0.3 is 0 Å². The van der Waals surface area contributed by atoms with Crippen LogP contribution in [-0.2, 0) is 6.18 Å². The summed E-state index contributed by atoms with van der Waals surface area (Å²) in [6, 6.07) is 0.406. The van der Waals surface area contributed by atoms with Crippen LogP contribution in [0.3, 0.4) is 0 Å². The molecule has 1 aromatic rings. The fraction of sp³-hybridized carbons (Fsp3) is 0.286. The van der Waals surface area contributed by atoms with E-state index in [0.29, 0.717) is 6.07 Å². The van der Waals surface area contributed by atoms with E-state index in [9.17, 15) is 22.0 Å². The highest BCUT2D eigenvalue weighted by Gasteiger charge is 2.35. The van der Waals surface area contributed by atoms with E-state index < -0.39 is 28.3 Å². The molecule has 0 N–H and O–H groups in total. The van der Waals surface area contributed by atoms with Gasteiger partial charge in [-0.1, -0.05) is 0 Å². The number of hydrogen-bond acceptors (Lipinski definition) is 1. The molecule has 0 aliphatic rings. The summed E-state index contributed by atoms with van der Waals surface area (Å²) in [5.41, 5.74) is -1.91. The maximum absolute atomic E-state index is 12.3. The molecule has 0 aromatic carbocycles. The molecule has 1 rings (SSSR count). The van der Waals surface area contributed by atoms with Gasteiger partial charge in [-0.25, -0.2) is 13.8 Å². The van der Waals surface area contributed by atoms with Crippen molar-refractivity contribution in [1.29, 1.82) is 0 Å². The summed E-state index contributed by atoms with van der Waals surface area (Å²) in [7, 11) is 0. The van der Waals surface area contributed by atoms with Gasteiger partial charge in [0.05, 0.1) is 11.1 Å². The van der Waals surface area contributed by atoms with Gasteiger partial charge in [0.15, 0.2) is 0 Å². The van der Waals surface area contributed by atoms with E-state index in [1.54, 1.807) is 0 Å². The number of rotatable bonds is 1. The smallest absolute Gasteiger partial charge is 0.234 e. The van der Waals surface area contributed by atoms with Gasteiger partial charge >= 0.3 is 6.18 Å². The quantitative estimate of drug-likeness (QED) is 0.386. The molecular formula is C7H2BrF5IN. The maximum atomic E-state index is 12.3. The molecule has 0 spiro atoms. The summed E-state index contributed by atoms with van der Waals surface area (Å²) in [5.74, 6) is 0. The van der Waals surface area contributed by atoms with Gasteiger partial charge in [-0.2, -0.15) is 13.2 Å². The molecule has 0 amide bonds. The normalized spacial score (nSPS) is 12.3. The van der Waals surface area contributed by atoms with E-state index >= 15 is 0 Å². The molecule has 0 unspecified atom stereocenters. The van der Waals surface area contributed by atoms with Crippen LogP contribution in [0.2, 0.25) is 0 Å². The fourth-order valence-corrected chi connectivity index (χ4v) is 2.32. The zero-order valence-electron chi connectivity index (χ0n) is 6.75. The van der Waals surface area contributed by atoms with Gasteiger partial charge in [0.25, 0.3) is 6.43 Å². The molecule has 0 saturated heterocycles. The summed E-state index contributed by atoms with van der Waals surface area (Å²) in [5, 5.41) is 0. The van der Waals surface area contributed by atoms with Crippen LogP contribution in [0.15, 0.2) is 10.7 Å². The second-order valence-electron chi connectivity index (χ2n) is 2.51. The summed E-state index contributed by atoms with van der Waals surface area (Å²) in [4.78, 5) is 3.36. The second-order valence-corrected chi connectivity index (χ2v) is 4.28. The van der Waals surface area contributed by atoms with E-state index in [1.165, 1.54) is 22.6 Å². The summed E-state index contributed by atoms with van der Waals surface area (Å²) >= 11 is 4.04. The number of pyridine rings is 1. The van der Waals surface area contributed by atoms with Crippen molar-refractivity contribution in [1.82, 2.24) is 4.98 Å². The van der Waals surface area contributed by atoms with E-state index in [0.717, 1.165) is 0 Å². The highest BCUT2D eigenvalue weighted by molar-refractivity contribution is 14.1. The number of alkyl halides is 5. The van der Waals surface area contributed by atoms with Crippen molar-refractivity contribution in [2.45, 2.75) is 12.6 Å². The molecule has 0 saturated carbocycles. The Labute approximate surface area is 103 Å². The zero-order valence-corrected chi connectivity index (χ0v) is 10.5. The van der Waals surface area contributed by atoms with Gasteiger partial charge in [-0.3, -0.25) is 0 Å². The van der Waals surface area contributed by atoms with Crippen LogP contribution in [-0.4, -0.2) is 4.98 Å². The predicted molar refractivity (Wildman–Crippen MR) is 54.6 cm³/mol. The van der Waals surface area contributed by atoms with Crippen molar-refractivity contribution in [3.8, 4) is 0 Å². The Morgan fingerprint density at radius 2 is 1.87 bits per heavy atom. The van der Waals surface area contributed by atoms with Crippen LogP contribution in [0.1, 0.15) is 17.6 Å². The van der Waals surface area contributed by atoms with Crippen molar-refractivity contribution in [2.24, 2.45) is 0 Å². The first kappa shape index (κ1) is 13.1. The van der Waals surface area contributed by atoms with Crippen LogP contribution in [0.4, 0.5) is 22.0 Å². The Morgan fingerprint density at radius 1 is 1.33 bits per heavy atom. The van der Waals surface area contributed by atoms with Crippen LogP contribution in [0.5, 0.6) is 0 Å². The fourth-order valence-electron chi connectivity index (χ4n) is 0.837. The molecule has 1 aromatic heterocycles. The number of nitrogens with zero attached hydrogens (tertiary/aromatic N) is 1. The van der Waals surface area contributed by atoms with Crippen molar-refractivity contribution in [2.75, 3.05) is 0 Å². The Kier molecular flexibility index (Phi) is 3.90. The lowest BCUT2D eigenvalue weighted by Crippen LogP contribution is -2.09. The average molecular weight is 402 g/mol. The molecule has 0 atom stereocenters. The van der Waals surface area contributed by atoms with Gasteiger partial charge in [-0.05, 0) is 44.6 Å². The monoisotopic (exact) mass is 401 g/mol. The van der Waals surface area contributed by atoms with Crippen LogP contribution >= 0.6 is 38.5 Å². The molecule has 84 valence electrons. The van der Waals surface area contributed by atoms with Crippen LogP contribution in [0, 0.1) is 3.70 Å². The standard InChI is InChI=1S/C7H2BrF5IN/c8-4-3(7(11,12)13)1-2(5(9)10)6(14)15-4/h1,5H. The largest absolute Gasteiger partial charge is 0.419 e. The third-order valence-corrected chi connectivity index (χ3v) is 2.97. The molecule has 0 bridgehead atoms. The second kappa shape index (κ2) is 4.48. The molecule has 0 aliphatic heterocycles. The molecule has 1 heterocycles.